The summed E-state index contributed by atoms with van der Waals surface area (Å²) in [6, 6.07) is 6.66. The molecule has 0 aliphatic carbocycles. The molecule has 72 valence electrons. The molecule has 0 aliphatic heterocycles. The van der Waals surface area contributed by atoms with Gasteiger partial charge in [-0.2, -0.15) is 0 Å². The fourth-order valence-electron chi connectivity index (χ4n) is 1.42. The van der Waals surface area contributed by atoms with Gasteiger partial charge in [-0.3, -0.25) is 0 Å². The van der Waals surface area contributed by atoms with Crippen molar-refractivity contribution in [3.8, 4) is 0 Å². The predicted octanol–water partition coefficient (Wildman–Crippen LogP) is 2.44. The van der Waals surface area contributed by atoms with Crippen LogP contribution in [0.25, 0.3) is 0 Å². The van der Waals surface area contributed by atoms with Gasteiger partial charge in [0.25, 0.3) is 0 Å². The number of hydrogen-bond acceptors (Lipinski definition) is 1. The molecular formula is C12H19N. The second-order valence-corrected chi connectivity index (χ2v) is 3.96. The minimum Gasteiger partial charge on any atom is -0.330 e. The van der Waals surface area contributed by atoms with E-state index < -0.39 is 0 Å². The summed E-state index contributed by atoms with van der Waals surface area (Å²) in [5, 5.41) is 0. The van der Waals surface area contributed by atoms with Crippen molar-refractivity contribution >= 4 is 0 Å². The topological polar surface area (TPSA) is 26.0 Å². The van der Waals surface area contributed by atoms with E-state index in [1.54, 1.807) is 0 Å². The van der Waals surface area contributed by atoms with Crippen molar-refractivity contribution < 1.29 is 0 Å². The SMILES string of the molecule is Cc1ccc(C[C@H](C)CN)cc1C. The molecule has 1 aromatic rings. The van der Waals surface area contributed by atoms with E-state index >= 15 is 0 Å². The summed E-state index contributed by atoms with van der Waals surface area (Å²) in [5.41, 5.74) is 9.73. The van der Waals surface area contributed by atoms with Crippen molar-refractivity contribution in [3.63, 3.8) is 0 Å². The lowest BCUT2D eigenvalue weighted by Gasteiger charge is -2.09. The Morgan fingerprint density at radius 1 is 1.23 bits per heavy atom. The Bertz CT molecular complexity index is 278. The molecule has 1 aromatic carbocycles. The van der Waals surface area contributed by atoms with E-state index in [2.05, 4.69) is 39.0 Å². The summed E-state index contributed by atoms with van der Waals surface area (Å²) in [6.45, 7) is 7.26. The zero-order valence-corrected chi connectivity index (χ0v) is 8.80. The molecule has 0 radical (unpaired) electrons. The van der Waals surface area contributed by atoms with Crippen LogP contribution in [0.4, 0.5) is 0 Å². The summed E-state index contributed by atoms with van der Waals surface area (Å²) in [6.07, 6.45) is 1.09. The number of hydrogen-bond donors (Lipinski definition) is 1. The van der Waals surface area contributed by atoms with Crippen LogP contribution in [-0.4, -0.2) is 6.54 Å². The molecule has 1 nitrogen and oxygen atoms in total. The molecule has 2 N–H and O–H groups in total. The Labute approximate surface area is 81.0 Å². The van der Waals surface area contributed by atoms with Crippen LogP contribution >= 0.6 is 0 Å². The van der Waals surface area contributed by atoms with Crippen LogP contribution in [0.1, 0.15) is 23.6 Å². The second kappa shape index (κ2) is 4.43. The van der Waals surface area contributed by atoms with Gasteiger partial charge in [0.15, 0.2) is 0 Å². The minimum atomic E-state index is 0.585. The number of benzene rings is 1. The van der Waals surface area contributed by atoms with Crippen LogP contribution in [0.15, 0.2) is 18.2 Å². The van der Waals surface area contributed by atoms with Gasteiger partial charge < -0.3 is 5.73 Å². The van der Waals surface area contributed by atoms with Crippen LogP contribution in [-0.2, 0) is 6.42 Å². The van der Waals surface area contributed by atoms with Crippen LogP contribution in [0.2, 0.25) is 0 Å². The van der Waals surface area contributed by atoms with Gasteiger partial charge in [-0.15, -0.1) is 0 Å². The summed E-state index contributed by atoms with van der Waals surface area (Å²) < 4.78 is 0. The highest BCUT2D eigenvalue weighted by molar-refractivity contribution is 5.30. The van der Waals surface area contributed by atoms with Gasteiger partial charge in [0.2, 0.25) is 0 Å². The molecule has 0 aromatic heterocycles. The monoisotopic (exact) mass is 177 g/mol. The molecule has 0 saturated carbocycles. The Balaban J connectivity index is 2.73. The molecule has 1 heteroatoms. The summed E-state index contributed by atoms with van der Waals surface area (Å²) in [4.78, 5) is 0. The molecule has 0 heterocycles. The first-order valence-electron chi connectivity index (χ1n) is 4.89. The third kappa shape index (κ3) is 2.85. The van der Waals surface area contributed by atoms with Crippen molar-refractivity contribution in [3.05, 3.63) is 34.9 Å². The van der Waals surface area contributed by atoms with Crippen LogP contribution < -0.4 is 5.73 Å². The molecule has 0 unspecified atom stereocenters. The zero-order chi connectivity index (χ0) is 9.84. The minimum absolute atomic E-state index is 0.585. The molecule has 0 aliphatic rings. The van der Waals surface area contributed by atoms with Crippen molar-refractivity contribution in [2.75, 3.05) is 6.54 Å². The molecule has 0 amide bonds. The first-order valence-corrected chi connectivity index (χ1v) is 4.89. The maximum atomic E-state index is 5.59. The van der Waals surface area contributed by atoms with Crippen LogP contribution in [0.3, 0.4) is 0 Å². The number of nitrogens with two attached hydrogens (primary N) is 1. The lowest BCUT2D eigenvalue weighted by atomic mass is 9.98. The molecule has 1 rings (SSSR count). The standard InChI is InChI=1S/C12H19N/c1-9(8-13)6-12-5-4-10(2)11(3)7-12/h4-5,7,9H,6,8,13H2,1-3H3/t9-/m0/s1. The average Bonchev–Trinajstić information content (AvgIpc) is 2.11. The third-order valence-electron chi connectivity index (χ3n) is 2.56. The predicted molar refractivity (Wildman–Crippen MR) is 57.8 cm³/mol. The van der Waals surface area contributed by atoms with E-state index in [9.17, 15) is 0 Å². The van der Waals surface area contributed by atoms with Gasteiger partial charge >= 0.3 is 0 Å². The summed E-state index contributed by atoms with van der Waals surface area (Å²) >= 11 is 0. The fourth-order valence-corrected chi connectivity index (χ4v) is 1.42. The molecular weight excluding hydrogens is 158 g/mol. The largest absolute Gasteiger partial charge is 0.330 e. The molecule has 0 fully saturated rings. The van der Waals surface area contributed by atoms with Gasteiger partial charge in [-0.1, -0.05) is 25.1 Å². The van der Waals surface area contributed by atoms with Crippen molar-refractivity contribution in [1.82, 2.24) is 0 Å². The molecule has 0 spiro atoms. The Hall–Kier alpha value is -0.820. The molecule has 1 atom stereocenters. The Morgan fingerprint density at radius 2 is 1.92 bits per heavy atom. The lowest BCUT2D eigenvalue weighted by molar-refractivity contribution is 0.593. The highest BCUT2D eigenvalue weighted by Crippen LogP contribution is 2.13. The quantitative estimate of drug-likeness (QED) is 0.754. The number of rotatable bonds is 3. The van der Waals surface area contributed by atoms with E-state index in [0.717, 1.165) is 13.0 Å². The normalized spacial score (nSPS) is 12.9. The van der Waals surface area contributed by atoms with E-state index in [1.165, 1.54) is 16.7 Å². The first kappa shape index (κ1) is 10.3. The van der Waals surface area contributed by atoms with Crippen molar-refractivity contribution in [2.24, 2.45) is 11.7 Å². The average molecular weight is 177 g/mol. The summed E-state index contributed by atoms with van der Waals surface area (Å²) in [5.74, 6) is 0.585. The van der Waals surface area contributed by atoms with Gasteiger partial charge in [0.05, 0.1) is 0 Å². The Morgan fingerprint density at radius 3 is 2.46 bits per heavy atom. The second-order valence-electron chi connectivity index (χ2n) is 3.96. The van der Waals surface area contributed by atoms with E-state index in [4.69, 9.17) is 5.73 Å². The fraction of sp³-hybridized carbons (Fsp3) is 0.500. The van der Waals surface area contributed by atoms with Crippen LogP contribution in [0, 0.1) is 19.8 Å². The van der Waals surface area contributed by atoms with Crippen molar-refractivity contribution in [2.45, 2.75) is 27.2 Å². The maximum absolute atomic E-state index is 5.59. The highest BCUT2D eigenvalue weighted by atomic mass is 14.5. The lowest BCUT2D eigenvalue weighted by Crippen LogP contribution is -2.13. The highest BCUT2D eigenvalue weighted by Gasteiger charge is 2.01. The zero-order valence-electron chi connectivity index (χ0n) is 8.80. The van der Waals surface area contributed by atoms with Gasteiger partial charge in [0, 0.05) is 0 Å². The molecule has 0 bridgehead atoms. The Kier molecular flexibility index (Phi) is 3.49. The van der Waals surface area contributed by atoms with Gasteiger partial charge in [-0.25, -0.2) is 0 Å². The van der Waals surface area contributed by atoms with E-state index in [1.807, 2.05) is 0 Å². The summed E-state index contributed by atoms with van der Waals surface area (Å²) in [7, 11) is 0. The first-order chi connectivity index (χ1) is 6.13. The van der Waals surface area contributed by atoms with Crippen LogP contribution in [0.5, 0.6) is 0 Å². The molecule has 13 heavy (non-hydrogen) atoms. The van der Waals surface area contributed by atoms with Gasteiger partial charge in [0.1, 0.15) is 0 Å². The van der Waals surface area contributed by atoms with E-state index in [0.29, 0.717) is 5.92 Å². The van der Waals surface area contributed by atoms with Crippen molar-refractivity contribution in [1.29, 1.82) is 0 Å². The van der Waals surface area contributed by atoms with Gasteiger partial charge in [-0.05, 0) is 49.4 Å². The number of aryl methyl sites for hydroxylation is 2. The van der Waals surface area contributed by atoms with E-state index in [-0.39, 0.29) is 0 Å². The molecule has 0 saturated heterocycles. The third-order valence-corrected chi connectivity index (χ3v) is 2.56. The smallest absolute Gasteiger partial charge is 0.00483 e. The maximum Gasteiger partial charge on any atom is -0.00483 e.